The molecule has 0 N–H and O–H groups in total. The lowest BCUT2D eigenvalue weighted by Crippen LogP contribution is -2.31. The number of aryl methyl sites for hydroxylation is 1. The minimum absolute atomic E-state index is 0.0757. The fraction of sp³-hybridized carbons (Fsp3) is 0.214. The Balaban J connectivity index is 1.63. The topological polar surface area (TPSA) is 69.0 Å². The maximum atomic E-state index is 13.7. The van der Waals surface area contributed by atoms with E-state index in [-0.39, 0.29) is 17.1 Å². The van der Waals surface area contributed by atoms with Gasteiger partial charge in [0, 0.05) is 11.6 Å². The van der Waals surface area contributed by atoms with Gasteiger partial charge in [0.15, 0.2) is 5.43 Å². The summed E-state index contributed by atoms with van der Waals surface area (Å²) in [6, 6.07) is 17.8. The van der Waals surface area contributed by atoms with Crippen LogP contribution < -0.4 is 14.9 Å². The second-order valence-electron chi connectivity index (χ2n) is 8.55. The van der Waals surface area contributed by atoms with E-state index in [1.165, 1.54) is 0 Å². The van der Waals surface area contributed by atoms with Gasteiger partial charge in [-0.3, -0.25) is 9.59 Å². The fourth-order valence-electron chi connectivity index (χ4n) is 4.57. The van der Waals surface area contributed by atoms with Crippen LogP contribution in [0.2, 0.25) is 5.02 Å². The highest BCUT2D eigenvalue weighted by Crippen LogP contribution is 2.39. The summed E-state index contributed by atoms with van der Waals surface area (Å²) in [7, 11) is 3.21. The molecule has 4 aromatic rings. The lowest BCUT2D eigenvalue weighted by atomic mass is 9.97. The molecule has 0 radical (unpaired) electrons. The minimum atomic E-state index is -0.605. The lowest BCUT2D eigenvalue weighted by molar-refractivity contribution is 0.0730. The van der Waals surface area contributed by atoms with E-state index in [9.17, 15) is 9.59 Å². The Morgan fingerprint density at radius 3 is 2.43 bits per heavy atom. The summed E-state index contributed by atoms with van der Waals surface area (Å²) in [6.07, 6.45) is 0.600. The highest BCUT2D eigenvalue weighted by molar-refractivity contribution is 6.32. The monoisotopic (exact) mass is 489 g/mol. The maximum absolute atomic E-state index is 13.7. The van der Waals surface area contributed by atoms with E-state index in [4.69, 9.17) is 25.5 Å². The van der Waals surface area contributed by atoms with Crippen LogP contribution in [0.1, 0.15) is 38.9 Å². The van der Waals surface area contributed by atoms with Gasteiger partial charge in [0.05, 0.1) is 31.2 Å². The molecule has 178 valence electrons. The first-order valence-corrected chi connectivity index (χ1v) is 11.6. The Morgan fingerprint density at radius 2 is 1.71 bits per heavy atom. The number of nitrogens with zero attached hydrogens (tertiary/aromatic N) is 1. The van der Waals surface area contributed by atoms with Crippen LogP contribution in [-0.2, 0) is 6.42 Å². The molecule has 0 saturated carbocycles. The summed E-state index contributed by atoms with van der Waals surface area (Å²) in [4.78, 5) is 29.0. The highest BCUT2D eigenvalue weighted by Gasteiger charge is 2.42. The summed E-state index contributed by atoms with van der Waals surface area (Å²) >= 11 is 6.32. The van der Waals surface area contributed by atoms with Crippen molar-refractivity contribution in [1.82, 2.24) is 4.90 Å². The zero-order valence-electron chi connectivity index (χ0n) is 19.6. The Labute approximate surface area is 207 Å². The molecule has 2 heterocycles. The summed E-state index contributed by atoms with van der Waals surface area (Å²) in [5.41, 5.74) is 3.02. The van der Waals surface area contributed by atoms with Crippen LogP contribution in [0.3, 0.4) is 0 Å². The number of halogens is 1. The number of carbonyl (C=O) groups is 1. The standard InChI is InChI=1S/C28H24ClNO5/c1-16-13-23-21(15-22(16)29)26(31)24-25(18-5-4-6-20(14-18)34-3)30(28(32)27(24)35-23)12-11-17-7-9-19(33-2)10-8-17/h4-10,13-15,25H,11-12H2,1-3H3/t25-/m1/s1. The summed E-state index contributed by atoms with van der Waals surface area (Å²) in [5, 5.41) is 0.834. The first kappa shape index (κ1) is 23.0. The number of methoxy groups -OCH3 is 2. The third-order valence-corrected chi connectivity index (χ3v) is 6.86. The van der Waals surface area contributed by atoms with E-state index in [1.807, 2.05) is 55.5 Å². The smallest absolute Gasteiger partial charge is 0.290 e. The number of benzene rings is 3. The zero-order valence-corrected chi connectivity index (χ0v) is 20.4. The van der Waals surface area contributed by atoms with Crippen molar-refractivity contribution in [2.24, 2.45) is 0 Å². The van der Waals surface area contributed by atoms with Crippen LogP contribution in [0.15, 0.2) is 69.9 Å². The molecule has 7 heteroatoms. The number of amides is 1. The van der Waals surface area contributed by atoms with Crippen LogP contribution in [0.4, 0.5) is 0 Å². The van der Waals surface area contributed by atoms with Gasteiger partial charge >= 0.3 is 0 Å². The molecule has 1 aliphatic rings. The van der Waals surface area contributed by atoms with E-state index < -0.39 is 6.04 Å². The average molecular weight is 490 g/mol. The number of ether oxygens (including phenoxy) is 2. The van der Waals surface area contributed by atoms with Gasteiger partial charge in [0.2, 0.25) is 5.76 Å². The molecule has 5 rings (SSSR count). The van der Waals surface area contributed by atoms with Gasteiger partial charge in [-0.1, -0.05) is 35.9 Å². The van der Waals surface area contributed by atoms with Crippen molar-refractivity contribution in [3.05, 3.63) is 104 Å². The van der Waals surface area contributed by atoms with Crippen LogP contribution in [0.5, 0.6) is 11.5 Å². The van der Waals surface area contributed by atoms with Crippen molar-refractivity contribution in [3.8, 4) is 11.5 Å². The predicted octanol–water partition coefficient (Wildman–Crippen LogP) is 5.56. The Hall–Kier alpha value is -3.77. The molecule has 1 aliphatic heterocycles. The first-order chi connectivity index (χ1) is 16.9. The van der Waals surface area contributed by atoms with E-state index in [1.54, 1.807) is 31.3 Å². The maximum Gasteiger partial charge on any atom is 0.290 e. The lowest BCUT2D eigenvalue weighted by Gasteiger charge is -2.25. The van der Waals surface area contributed by atoms with Gasteiger partial charge < -0.3 is 18.8 Å². The van der Waals surface area contributed by atoms with Crippen LogP contribution in [0, 0.1) is 6.92 Å². The van der Waals surface area contributed by atoms with Crippen molar-refractivity contribution in [2.45, 2.75) is 19.4 Å². The van der Waals surface area contributed by atoms with Crippen LogP contribution in [0.25, 0.3) is 11.0 Å². The average Bonchev–Trinajstić information content (AvgIpc) is 3.16. The summed E-state index contributed by atoms with van der Waals surface area (Å²) in [5.74, 6) is 1.17. The molecular formula is C28H24ClNO5. The summed E-state index contributed by atoms with van der Waals surface area (Å²) in [6.45, 7) is 2.23. The summed E-state index contributed by atoms with van der Waals surface area (Å²) < 4.78 is 16.7. The van der Waals surface area contributed by atoms with Crippen molar-refractivity contribution in [1.29, 1.82) is 0 Å². The van der Waals surface area contributed by atoms with Crippen molar-refractivity contribution in [3.63, 3.8) is 0 Å². The third-order valence-electron chi connectivity index (χ3n) is 6.46. The van der Waals surface area contributed by atoms with Crippen LogP contribution in [-0.4, -0.2) is 31.6 Å². The Morgan fingerprint density at radius 1 is 0.971 bits per heavy atom. The molecule has 0 saturated heterocycles. The van der Waals surface area contributed by atoms with Gasteiger partial charge in [-0.15, -0.1) is 0 Å². The van der Waals surface area contributed by atoms with Gasteiger partial charge in [0.1, 0.15) is 17.1 Å². The zero-order chi connectivity index (χ0) is 24.7. The third kappa shape index (κ3) is 4.04. The normalized spacial score (nSPS) is 14.9. The van der Waals surface area contributed by atoms with E-state index in [2.05, 4.69) is 0 Å². The number of rotatable bonds is 6. The Kier molecular flexibility index (Phi) is 5.99. The van der Waals surface area contributed by atoms with Crippen molar-refractivity contribution < 1.29 is 18.7 Å². The number of fused-ring (bicyclic) bond motifs is 2. The molecule has 3 aromatic carbocycles. The molecule has 35 heavy (non-hydrogen) atoms. The van der Waals surface area contributed by atoms with Gasteiger partial charge in [-0.25, -0.2) is 0 Å². The second kappa shape index (κ2) is 9.12. The minimum Gasteiger partial charge on any atom is -0.497 e. The molecule has 6 nitrogen and oxygen atoms in total. The van der Waals surface area contributed by atoms with Crippen LogP contribution >= 0.6 is 11.6 Å². The molecule has 0 bridgehead atoms. The molecular weight excluding hydrogens is 466 g/mol. The number of hydrogen-bond donors (Lipinski definition) is 0. The fourth-order valence-corrected chi connectivity index (χ4v) is 4.74. The van der Waals surface area contributed by atoms with E-state index in [0.29, 0.717) is 40.3 Å². The van der Waals surface area contributed by atoms with Crippen molar-refractivity contribution >= 4 is 28.5 Å². The number of hydrogen-bond acceptors (Lipinski definition) is 5. The van der Waals surface area contributed by atoms with Crippen molar-refractivity contribution in [2.75, 3.05) is 20.8 Å². The van der Waals surface area contributed by atoms with E-state index in [0.717, 1.165) is 22.4 Å². The highest BCUT2D eigenvalue weighted by atomic mass is 35.5. The molecule has 0 fully saturated rings. The molecule has 0 aliphatic carbocycles. The molecule has 1 atom stereocenters. The van der Waals surface area contributed by atoms with E-state index >= 15 is 0 Å². The van der Waals surface area contributed by atoms with Gasteiger partial charge in [0.25, 0.3) is 5.91 Å². The molecule has 1 aromatic heterocycles. The Bertz CT molecular complexity index is 1490. The SMILES string of the molecule is COc1ccc(CCN2C(=O)c3oc4cc(C)c(Cl)cc4c(=O)c3[C@H]2c2cccc(OC)c2)cc1. The molecule has 0 unspecified atom stereocenters. The first-order valence-electron chi connectivity index (χ1n) is 11.3. The van der Waals surface area contributed by atoms with Gasteiger partial charge in [-0.2, -0.15) is 0 Å². The largest absolute Gasteiger partial charge is 0.497 e. The van der Waals surface area contributed by atoms with Gasteiger partial charge in [-0.05, 0) is 66.4 Å². The number of carbonyl (C=O) groups excluding carboxylic acids is 1. The quantitative estimate of drug-likeness (QED) is 0.354. The molecule has 1 amide bonds. The predicted molar refractivity (Wildman–Crippen MR) is 135 cm³/mol. The molecule has 0 spiro atoms. The second-order valence-corrected chi connectivity index (χ2v) is 8.95.